The quantitative estimate of drug-likeness (QED) is 0.616. The van der Waals surface area contributed by atoms with Crippen molar-refractivity contribution in [3.8, 4) is 11.5 Å². The lowest BCUT2D eigenvalue weighted by Crippen LogP contribution is -2.21. The molecule has 0 heterocycles. The largest absolute Gasteiger partial charge is 0.497 e. The Morgan fingerprint density at radius 2 is 2.11 bits per heavy atom. The summed E-state index contributed by atoms with van der Waals surface area (Å²) in [5.41, 5.74) is 6.34. The lowest BCUT2D eigenvalue weighted by atomic mass is 10.2. The van der Waals surface area contributed by atoms with Crippen LogP contribution in [0.1, 0.15) is 12.8 Å². The summed E-state index contributed by atoms with van der Waals surface area (Å²) < 4.78 is 10.6. The maximum absolute atomic E-state index is 11.3. The second-order valence-electron chi connectivity index (χ2n) is 4.14. The molecule has 0 saturated carbocycles. The van der Waals surface area contributed by atoms with E-state index in [1.165, 1.54) is 0 Å². The third-order valence-electron chi connectivity index (χ3n) is 2.51. The van der Waals surface area contributed by atoms with Gasteiger partial charge < -0.3 is 20.1 Å². The van der Waals surface area contributed by atoms with Crippen molar-refractivity contribution < 1.29 is 14.3 Å². The van der Waals surface area contributed by atoms with Crippen LogP contribution in [0.15, 0.2) is 18.2 Å². The Morgan fingerprint density at radius 3 is 2.72 bits per heavy atom. The fourth-order valence-corrected chi connectivity index (χ4v) is 1.40. The van der Waals surface area contributed by atoms with Crippen molar-refractivity contribution in [3.63, 3.8) is 0 Å². The van der Waals surface area contributed by atoms with E-state index in [1.54, 1.807) is 44.3 Å². The highest BCUT2D eigenvalue weighted by Crippen LogP contribution is 2.26. The van der Waals surface area contributed by atoms with Crippen molar-refractivity contribution in [2.75, 3.05) is 33.5 Å². The van der Waals surface area contributed by atoms with Crippen LogP contribution in [0.4, 0.5) is 5.69 Å². The molecule has 0 aliphatic carbocycles. The van der Waals surface area contributed by atoms with E-state index in [0.29, 0.717) is 36.6 Å². The molecule has 0 fully saturated rings. The number of methoxy groups -OCH3 is 1. The normalized spacial score (nSPS) is 9.94. The number of ether oxygens (including phenoxy) is 2. The first-order valence-corrected chi connectivity index (χ1v) is 5.81. The molecular weight excluding hydrogens is 232 g/mol. The molecule has 0 aliphatic heterocycles. The van der Waals surface area contributed by atoms with Gasteiger partial charge in [-0.1, -0.05) is 0 Å². The molecule has 0 aromatic heterocycles. The van der Waals surface area contributed by atoms with E-state index in [2.05, 4.69) is 0 Å². The first kappa shape index (κ1) is 14.2. The van der Waals surface area contributed by atoms with Crippen LogP contribution >= 0.6 is 0 Å². The molecule has 5 heteroatoms. The molecule has 1 rings (SSSR count). The van der Waals surface area contributed by atoms with E-state index >= 15 is 0 Å². The van der Waals surface area contributed by atoms with Crippen LogP contribution in [-0.2, 0) is 4.79 Å². The number of rotatable bonds is 6. The lowest BCUT2D eigenvalue weighted by Gasteiger charge is -2.12. The minimum Gasteiger partial charge on any atom is -0.497 e. The third-order valence-corrected chi connectivity index (χ3v) is 2.51. The number of hydrogen-bond acceptors (Lipinski definition) is 4. The van der Waals surface area contributed by atoms with Crippen LogP contribution in [0, 0.1) is 0 Å². The minimum atomic E-state index is 0.0946. The van der Waals surface area contributed by atoms with Gasteiger partial charge in [0.05, 0.1) is 19.4 Å². The molecular formula is C13H20N2O3. The van der Waals surface area contributed by atoms with Crippen molar-refractivity contribution >= 4 is 11.6 Å². The molecule has 0 spiro atoms. The molecule has 1 aromatic carbocycles. The second kappa shape index (κ2) is 6.74. The number of nitrogens with two attached hydrogens (primary N) is 1. The SMILES string of the molecule is COc1ccc(N)c(OCCCC(=O)N(C)C)c1. The molecule has 2 N–H and O–H groups in total. The summed E-state index contributed by atoms with van der Waals surface area (Å²) in [6.45, 7) is 0.455. The van der Waals surface area contributed by atoms with Gasteiger partial charge in [-0.25, -0.2) is 0 Å². The van der Waals surface area contributed by atoms with Gasteiger partial charge in [-0.3, -0.25) is 4.79 Å². The first-order chi connectivity index (χ1) is 8.54. The Hall–Kier alpha value is -1.91. The van der Waals surface area contributed by atoms with Crippen LogP contribution in [0.5, 0.6) is 11.5 Å². The number of nitrogen functional groups attached to an aromatic ring is 1. The molecule has 100 valence electrons. The van der Waals surface area contributed by atoms with Gasteiger partial charge in [-0.2, -0.15) is 0 Å². The summed E-state index contributed by atoms with van der Waals surface area (Å²) >= 11 is 0. The molecule has 0 atom stereocenters. The number of anilines is 1. The molecule has 0 unspecified atom stereocenters. The molecule has 1 aromatic rings. The summed E-state index contributed by atoms with van der Waals surface area (Å²) in [5, 5.41) is 0. The highest BCUT2D eigenvalue weighted by Gasteiger charge is 2.05. The van der Waals surface area contributed by atoms with Gasteiger partial charge in [0, 0.05) is 26.6 Å². The van der Waals surface area contributed by atoms with E-state index in [1.807, 2.05) is 0 Å². The molecule has 18 heavy (non-hydrogen) atoms. The van der Waals surface area contributed by atoms with Gasteiger partial charge in [0.2, 0.25) is 5.91 Å². The zero-order chi connectivity index (χ0) is 13.5. The van der Waals surface area contributed by atoms with Crippen LogP contribution in [0.2, 0.25) is 0 Å². The minimum absolute atomic E-state index is 0.0946. The van der Waals surface area contributed by atoms with E-state index in [4.69, 9.17) is 15.2 Å². The maximum Gasteiger partial charge on any atom is 0.222 e. The maximum atomic E-state index is 11.3. The van der Waals surface area contributed by atoms with Crippen LogP contribution in [0.3, 0.4) is 0 Å². The standard InChI is InChI=1S/C13H20N2O3/c1-15(2)13(16)5-4-8-18-12-9-10(17-3)6-7-11(12)14/h6-7,9H,4-5,8,14H2,1-3H3. The fraction of sp³-hybridized carbons (Fsp3) is 0.462. The molecule has 0 bridgehead atoms. The second-order valence-corrected chi connectivity index (χ2v) is 4.14. The number of hydrogen-bond donors (Lipinski definition) is 1. The van der Waals surface area contributed by atoms with Gasteiger partial charge in [0.25, 0.3) is 0 Å². The number of carbonyl (C=O) groups excluding carboxylic acids is 1. The summed E-state index contributed by atoms with van der Waals surface area (Å²) in [4.78, 5) is 12.9. The van der Waals surface area contributed by atoms with Gasteiger partial charge in [-0.15, -0.1) is 0 Å². The Balaban J connectivity index is 2.41. The molecule has 0 radical (unpaired) electrons. The van der Waals surface area contributed by atoms with E-state index in [0.717, 1.165) is 0 Å². The molecule has 1 amide bonds. The highest BCUT2D eigenvalue weighted by molar-refractivity contribution is 5.75. The Bertz CT molecular complexity index is 405. The van der Waals surface area contributed by atoms with Crippen LogP contribution < -0.4 is 15.2 Å². The van der Waals surface area contributed by atoms with Crippen molar-refractivity contribution in [1.82, 2.24) is 4.90 Å². The third kappa shape index (κ3) is 4.16. The zero-order valence-electron chi connectivity index (χ0n) is 11.1. The first-order valence-electron chi connectivity index (χ1n) is 5.81. The summed E-state index contributed by atoms with van der Waals surface area (Å²) in [7, 11) is 5.07. The number of nitrogens with zero attached hydrogens (tertiary/aromatic N) is 1. The average molecular weight is 252 g/mol. The van der Waals surface area contributed by atoms with Crippen molar-refractivity contribution in [2.24, 2.45) is 0 Å². The van der Waals surface area contributed by atoms with Crippen LogP contribution in [0.25, 0.3) is 0 Å². The van der Waals surface area contributed by atoms with Gasteiger partial charge in [0.15, 0.2) is 0 Å². The monoisotopic (exact) mass is 252 g/mol. The smallest absolute Gasteiger partial charge is 0.222 e. The predicted octanol–water partition coefficient (Wildman–Crippen LogP) is 1.52. The Labute approximate surface area is 107 Å². The molecule has 0 saturated heterocycles. The van der Waals surface area contributed by atoms with Gasteiger partial charge in [0.1, 0.15) is 11.5 Å². The fourth-order valence-electron chi connectivity index (χ4n) is 1.40. The van der Waals surface area contributed by atoms with E-state index in [9.17, 15) is 4.79 Å². The highest BCUT2D eigenvalue weighted by atomic mass is 16.5. The summed E-state index contributed by atoms with van der Waals surface area (Å²) in [5.74, 6) is 1.38. The van der Waals surface area contributed by atoms with Gasteiger partial charge >= 0.3 is 0 Å². The van der Waals surface area contributed by atoms with Crippen molar-refractivity contribution in [2.45, 2.75) is 12.8 Å². The van der Waals surface area contributed by atoms with Crippen molar-refractivity contribution in [1.29, 1.82) is 0 Å². The predicted molar refractivity (Wildman–Crippen MR) is 70.8 cm³/mol. The Kier molecular flexibility index (Phi) is 5.30. The summed E-state index contributed by atoms with van der Waals surface area (Å²) in [6.07, 6.45) is 1.13. The average Bonchev–Trinajstić information content (AvgIpc) is 2.36. The van der Waals surface area contributed by atoms with Crippen LogP contribution in [-0.4, -0.2) is 38.6 Å². The van der Waals surface area contributed by atoms with E-state index < -0.39 is 0 Å². The summed E-state index contributed by atoms with van der Waals surface area (Å²) in [6, 6.07) is 5.25. The van der Waals surface area contributed by atoms with E-state index in [-0.39, 0.29) is 5.91 Å². The topological polar surface area (TPSA) is 64.8 Å². The molecule has 0 aliphatic rings. The number of carbonyl (C=O) groups is 1. The molecule has 5 nitrogen and oxygen atoms in total. The number of benzene rings is 1. The lowest BCUT2D eigenvalue weighted by molar-refractivity contribution is -0.128. The number of amides is 1. The van der Waals surface area contributed by atoms with Crippen molar-refractivity contribution in [3.05, 3.63) is 18.2 Å². The zero-order valence-corrected chi connectivity index (χ0v) is 11.1. The van der Waals surface area contributed by atoms with Gasteiger partial charge in [-0.05, 0) is 18.6 Å². The Morgan fingerprint density at radius 1 is 1.39 bits per heavy atom.